The van der Waals surface area contributed by atoms with Gasteiger partial charge in [-0.3, -0.25) is 0 Å². The maximum atomic E-state index is 13.6. The van der Waals surface area contributed by atoms with Crippen LogP contribution in [0.3, 0.4) is 0 Å². The number of esters is 1. The van der Waals surface area contributed by atoms with Crippen molar-refractivity contribution in [3.8, 4) is 11.3 Å². The van der Waals surface area contributed by atoms with Crippen molar-refractivity contribution in [3.63, 3.8) is 0 Å². The first-order chi connectivity index (χ1) is 22.7. The number of morpholine rings is 2. The molecule has 13 nitrogen and oxygen atoms in total. The molecular weight excluding hydrogens is 616 g/mol. The average Bonchev–Trinajstić information content (AvgIpc) is 3.38. The summed E-state index contributed by atoms with van der Waals surface area (Å²) in [5, 5.41) is 3.51. The van der Waals surface area contributed by atoms with Crippen LogP contribution in [0.5, 0.6) is 0 Å². The standard InChI is InChI=1S/C35H46N6O7/c1-21-19-41(33(44)48-35(5,6)7)30-27(21)38-26(18-37-30)23-16-22-8-10-40(32(43)39-11-14-45-15-12-39)20-25(22)24(17-23)28-29(46-13-9-36-28)31(42)47-34(2,3)4/h16-19,28-29,36H,8-15,20H2,1-7H3/t28?,29-/m1/s1. The number of ether oxygens (including phenoxy) is 4. The molecule has 3 aliphatic heterocycles. The summed E-state index contributed by atoms with van der Waals surface area (Å²) in [5.74, 6) is -0.448. The van der Waals surface area contributed by atoms with E-state index in [1.54, 1.807) is 12.4 Å². The Morgan fingerprint density at radius 1 is 0.958 bits per heavy atom. The molecule has 0 bridgehead atoms. The molecule has 0 saturated carbocycles. The molecule has 1 aromatic carbocycles. The smallest absolute Gasteiger partial charge is 0.420 e. The van der Waals surface area contributed by atoms with Crippen molar-refractivity contribution in [2.75, 3.05) is 46.0 Å². The first kappa shape index (κ1) is 33.8. The number of carbonyl (C=O) groups is 3. The lowest BCUT2D eigenvalue weighted by Crippen LogP contribution is -2.50. The number of hydrogen-bond donors (Lipinski definition) is 1. The minimum atomic E-state index is -0.888. The van der Waals surface area contributed by atoms with E-state index in [0.717, 1.165) is 27.8 Å². The Morgan fingerprint density at radius 2 is 1.69 bits per heavy atom. The van der Waals surface area contributed by atoms with Gasteiger partial charge in [0.1, 0.15) is 16.7 Å². The zero-order chi connectivity index (χ0) is 34.4. The Morgan fingerprint density at radius 3 is 2.40 bits per heavy atom. The monoisotopic (exact) mass is 662 g/mol. The van der Waals surface area contributed by atoms with E-state index in [9.17, 15) is 14.4 Å². The number of aromatic nitrogens is 3. The molecule has 13 heteroatoms. The van der Waals surface area contributed by atoms with Crippen LogP contribution >= 0.6 is 0 Å². The number of fused-ring (bicyclic) bond motifs is 2. The van der Waals surface area contributed by atoms with Crippen LogP contribution in [0.2, 0.25) is 0 Å². The highest BCUT2D eigenvalue weighted by Crippen LogP contribution is 2.36. The molecule has 258 valence electrons. The molecule has 6 rings (SSSR count). The number of rotatable bonds is 3. The van der Waals surface area contributed by atoms with Crippen molar-refractivity contribution in [1.82, 2.24) is 29.7 Å². The SMILES string of the molecule is Cc1cn(C(=O)OC(C)(C)C)c2ncc(-c3cc4c(c(C5NCCO[C@H]5C(=O)OC(C)(C)C)c3)CN(C(=O)N3CCOCC3)CC4)nc12. The van der Waals surface area contributed by atoms with Crippen molar-refractivity contribution < 1.29 is 33.3 Å². The van der Waals surface area contributed by atoms with Gasteiger partial charge in [0.25, 0.3) is 0 Å². The van der Waals surface area contributed by atoms with Crippen molar-refractivity contribution in [2.24, 2.45) is 0 Å². The molecule has 5 heterocycles. The second kappa shape index (κ2) is 13.1. The maximum Gasteiger partial charge on any atom is 0.420 e. The van der Waals surface area contributed by atoms with Crippen LogP contribution in [0.25, 0.3) is 22.4 Å². The summed E-state index contributed by atoms with van der Waals surface area (Å²) < 4.78 is 24.3. The highest BCUT2D eigenvalue weighted by atomic mass is 16.6. The second-order valence-corrected chi connectivity index (χ2v) is 14.6. The third kappa shape index (κ3) is 7.18. The van der Waals surface area contributed by atoms with E-state index >= 15 is 0 Å². The normalized spacial score (nSPS) is 20.4. The number of benzene rings is 1. The summed E-state index contributed by atoms with van der Waals surface area (Å²) in [4.78, 5) is 53.4. The van der Waals surface area contributed by atoms with Crippen LogP contribution in [0.4, 0.5) is 9.59 Å². The van der Waals surface area contributed by atoms with E-state index in [2.05, 4.69) is 16.4 Å². The Labute approximate surface area is 280 Å². The van der Waals surface area contributed by atoms with Gasteiger partial charge in [-0.1, -0.05) is 0 Å². The Balaban J connectivity index is 1.41. The average molecular weight is 663 g/mol. The van der Waals surface area contributed by atoms with Gasteiger partial charge in [0.05, 0.1) is 37.8 Å². The van der Waals surface area contributed by atoms with Crippen LogP contribution in [-0.4, -0.2) is 106 Å². The van der Waals surface area contributed by atoms with Crippen molar-refractivity contribution in [2.45, 2.75) is 84.8 Å². The van der Waals surface area contributed by atoms with Crippen LogP contribution in [0, 0.1) is 6.92 Å². The zero-order valence-electron chi connectivity index (χ0n) is 28.9. The van der Waals surface area contributed by atoms with E-state index in [4.69, 9.17) is 23.9 Å². The number of aryl methyl sites for hydroxylation is 1. The predicted molar refractivity (Wildman–Crippen MR) is 178 cm³/mol. The molecule has 1 N–H and O–H groups in total. The van der Waals surface area contributed by atoms with Gasteiger partial charge in [0.2, 0.25) is 0 Å². The summed E-state index contributed by atoms with van der Waals surface area (Å²) in [6.07, 6.45) is 2.56. The number of amides is 2. The quantitative estimate of drug-likeness (QED) is 0.403. The third-order valence-electron chi connectivity index (χ3n) is 8.53. The molecular formula is C35H46N6O7. The topological polar surface area (TPSA) is 137 Å². The van der Waals surface area contributed by atoms with Gasteiger partial charge in [-0.2, -0.15) is 0 Å². The van der Waals surface area contributed by atoms with Crippen LogP contribution in [-0.2, 0) is 36.7 Å². The van der Waals surface area contributed by atoms with Crippen molar-refractivity contribution in [1.29, 1.82) is 0 Å². The lowest BCUT2D eigenvalue weighted by atomic mass is 9.86. The van der Waals surface area contributed by atoms with Crippen LogP contribution < -0.4 is 5.32 Å². The molecule has 48 heavy (non-hydrogen) atoms. The second-order valence-electron chi connectivity index (χ2n) is 14.6. The van der Waals surface area contributed by atoms with Gasteiger partial charge < -0.3 is 34.1 Å². The van der Waals surface area contributed by atoms with E-state index in [1.165, 1.54) is 4.57 Å². The first-order valence-corrected chi connectivity index (χ1v) is 16.6. The maximum absolute atomic E-state index is 13.6. The summed E-state index contributed by atoms with van der Waals surface area (Å²) >= 11 is 0. The molecule has 2 fully saturated rings. The summed E-state index contributed by atoms with van der Waals surface area (Å²) in [6.45, 7) is 16.9. The van der Waals surface area contributed by atoms with Gasteiger partial charge in [-0.05, 0) is 89.3 Å². The molecule has 0 spiro atoms. The van der Waals surface area contributed by atoms with Crippen molar-refractivity contribution >= 4 is 29.3 Å². The number of nitrogens with zero attached hydrogens (tertiary/aromatic N) is 5. The van der Waals surface area contributed by atoms with Crippen LogP contribution in [0.15, 0.2) is 24.5 Å². The number of nitrogens with one attached hydrogen (secondary N) is 1. The number of carbonyl (C=O) groups excluding carboxylic acids is 3. The molecule has 0 radical (unpaired) electrons. The molecule has 2 amide bonds. The fourth-order valence-corrected chi connectivity index (χ4v) is 6.41. The van der Waals surface area contributed by atoms with E-state index < -0.39 is 35.4 Å². The molecule has 0 aliphatic carbocycles. The summed E-state index contributed by atoms with van der Waals surface area (Å²) in [7, 11) is 0. The number of hydrogen-bond acceptors (Lipinski definition) is 10. The van der Waals surface area contributed by atoms with Gasteiger partial charge in [-0.15, -0.1) is 0 Å². The van der Waals surface area contributed by atoms with Gasteiger partial charge in [0, 0.05) is 44.5 Å². The summed E-state index contributed by atoms with van der Waals surface area (Å²) in [5.41, 5.74) is 4.75. The molecule has 2 aromatic heterocycles. The first-order valence-electron chi connectivity index (χ1n) is 16.6. The van der Waals surface area contributed by atoms with Gasteiger partial charge in [-0.25, -0.2) is 28.9 Å². The zero-order valence-corrected chi connectivity index (χ0v) is 28.9. The Kier molecular flexibility index (Phi) is 9.22. The van der Waals surface area contributed by atoms with Gasteiger partial charge >= 0.3 is 18.1 Å². The van der Waals surface area contributed by atoms with E-state index in [1.807, 2.05) is 64.3 Å². The third-order valence-corrected chi connectivity index (χ3v) is 8.53. The Bertz CT molecular complexity index is 1720. The molecule has 2 atom stereocenters. The Hall–Kier alpha value is -4.07. The lowest BCUT2D eigenvalue weighted by Gasteiger charge is -2.39. The fourth-order valence-electron chi connectivity index (χ4n) is 6.41. The van der Waals surface area contributed by atoms with E-state index in [-0.39, 0.29) is 6.03 Å². The molecule has 3 aromatic rings. The fraction of sp³-hybridized carbons (Fsp3) is 0.571. The molecule has 2 saturated heterocycles. The van der Waals surface area contributed by atoms with E-state index in [0.29, 0.717) is 75.8 Å². The minimum absolute atomic E-state index is 0.0168. The minimum Gasteiger partial charge on any atom is -0.458 e. The van der Waals surface area contributed by atoms with Crippen LogP contribution in [0.1, 0.15) is 69.8 Å². The largest absolute Gasteiger partial charge is 0.458 e. The predicted octanol–water partition coefficient (Wildman–Crippen LogP) is 4.37. The number of urea groups is 1. The van der Waals surface area contributed by atoms with Gasteiger partial charge in [0.15, 0.2) is 11.8 Å². The summed E-state index contributed by atoms with van der Waals surface area (Å²) in [6, 6.07) is 3.57. The lowest BCUT2D eigenvalue weighted by molar-refractivity contribution is -0.173. The van der Waals surface area contributed by atoms with Crippen molar-refractivity contribution in [3.05, 3.63) is 46.8 Å². The molecule has 3 aliphatic rings. The highest BCUT2D eigenvalue weighted by Gasteiger charge is 2.39. The molecule has 1 unspecified atom stereocenters. The highest BCUT2D eigenvalue weighted by molar-refractivity contribution is 5.88.